The van der Waals surface area contributed by atoms with Gasteiger partial charge in [0, 0.05) is 11.5 Å². The van der Waals surface area contributed by atoms with Gasteiger partial charge in [-0.2, -0.15) is 0 Å². The van der Waals surface area contributed by atoms with Crippen molar-refractivity contribution in [3.63, 3.8) is 0 Å². The first kappa shape index (κ1) is 14.1. The predicted octanol–water partition coefficient (Wildman–Crippen LogP) is 1.89. The number of carbonyl (C=O) groups excluding carboxylic acids is 1. The van der Waals surface area contributed by atoms with Crippen LogP contribution in [-0.2, 0) is 9.59 Å². The summed E-state index contributed by atoms with van der Waals surface area (Å²) in [4.78, 5) is 29.2. The number of fused-ring (bicyclic) bond motifs is 1. The van der Waals surface area contributed by atoms with E-state index in [9.17, 15) is 14.7 Å². The number of aliphatic carboxylic acids is 1. The van der Waals surface area contributed by atoms with E-state index in [2.05, 4.69) is 4.99 Å². The molecule has 1 amide bonds. The third-order valence-corrected chi connectivity index (χ3v) is 4.50. The van der Waals surface area contributed by atoms with Gasteiger partial charge in [-0.3, -0.25) is 14.7 Å². The van der Waals surface area contributed by atoms with E-state index in [1.165, 1.54) is 4.90 Å². The standard InChI is InChI=1S/C13H18N2O3S/c1-4-5-8-6-19-12-9(14-7(2)3)11(16)15(12)10(8)13(17)18/h9,12H,4-6H2,1-3H3,(H,17,18). The number of rotatable bonds is 4. The van der Waals surface area contributed by atoms with Crippen LogP contribution in [0.5, 0.6) is 0 Å². The van der Waals surface area contributed by atoms with Gasteiger partial charge in [0.05, 0.1) is 0 Å². The first-order valence-corrected chi connectivity index (χ1v) is 7.43. The molecule has 6 heteroatoms. The van der Waals surface area contributed by atoms with E-state index < -0.39 is 12.0 Å². The number of hydrogen-bond acceptors (Lipinski definition) is 4. The van der Waals surface area contributed by atoms with Gasteiger partial charge in [-0.25, -0.2) is 4.79 Å². The summed E-state index contributed by atoms with van der Waals surface area (Å²) in [5, 5.41) is 9.20. The highest BCUT2D eigenvalue weighted by molar-refractivity contribution is 8.00. The van der Waals surface area contributed by atoms with E-state index in [0.29, 0.717) is 5.75 Å². The fourth-order valence-electron chi connectivity index (χ4n) is 2.42. The number of carbonyl (C=O) groups is 2. The Morgan fingerprint density at radius 3 is 2.74 bits per heavy atom. The lowest BCUT2D eigenvalue weighted by atomic mass is 10.0. The third-order valence-electron chi connectivity index (χ3n) is 3.17. The zero-order valence-corrected chi connectivity index (χ0v) is 12.2. The van der Waals surface area contributed by atoms with E-state index in [1.807, 2.05) is 20.8 Å². The van der Waals surface area contributed by atoms with Crippen LogP contribution in [0.2, 0.25) is 0 Å². The molecule has 0 aromatic rings. The van der Waals surface area contributed by atoms with Gasteiger partial charge in [0.1, 0.15) is 11.1 Å². The number of thioether (sulfide) groups is 1. The summed E-state index contributed by atoms with van der Waals surface area (Å²) in [5.74, 6) is -0.513. The quantitative estimate of drug-likeness (QED) is 0.631. The molecule has 2 rings (SSSR count). The number of hydrogen-bond donors (Lipinski definition) is 1. The van der Waals surface area contributed by atoms with Crippen molar-refractivity contribution in [1.82, 2.24) is 4.90 Å². The molecule has 1 saturated heterocycles. The molecule has 2 atom stereocenters. The molecule has 104 valence electrons. The average molecular weight is 282 g/mol. The first-order chi connectivity index (χ1) is 8.97. The van der Waals surface area contributed by atoms with Crippen molar-refractivity contribution in [2.75, 3.05) is 5.75 Å². The molecule has 0 aromatic carbocycles. The molecule has 2 aliphatic heterocycles. The lowest BCUT2D eigenvalue weighted by molar-refractivity contribution is -0.147. The van der Waals surface area contributed by atoms with E-state index in [0.717, 1.165) is 24.1 Å². The second-order valence-corrected chi connectivity index (χ2v) is 6.04. The Labute approximate surface area is 116 Å². The number of carboxylic acid groups (broad SMARTS) is 1. The van der Waals surface area contributed by atoms with Crippen LogP contribution in [0.3, 0.4) is 0 Å². The summed E-state index contributed by atoms with van der Waals surface area (Å²) in [6, 6.07) is -0.410. The van der Waals surface area contributed by atoms with Gasteiger partial charge in [0.25, 0.3) is 5.91 Å². The molecule has 0 radical (unpaired) electrons. The molecular weight excluding hydrogens is 264 g/mol. The number of amides is 1. The Hall–Kier alpha value is -1.30. The summed E-state index contributed by atoms with van der Waals surface area (Å²) in [6.45, 7) is 5.70. The molecule has 5 nitrogen and oxygen atoms in total. The first-order valence-electron chi connectivity index (χ1n) is 6.38. The van der Waals surface area contributed by atoms with Crippen LogP contribution in [0.4, 0.5) is 0 Å². The molecule has 2 unspecified atom stereocenters. The highest BCUT2D eigenvalue weighted by Crippen LogP contribution is 2.42. The van der Waals surface area contributed by atoms with Crippen LogP contribution in [0.15, 0.2) is 16.3 Å². The van der Waals surface area contributed by atoms with Gasteiger partial charge in [0.2, 0.25) is 0 Å². The smallest absolute Gasteiger partial charge is 0.352 e. The van der Waals surface area contributed by atoms with Crippen molar-refractivity contribution in [2.45, 2.75) is 45.0 Å². The average Bonchev–Trinajstić information content (AvgIpc) is 2.35. The highest BCUT2D eigenvalue weighted by Gasteiger charge is 2.53. The number of aliphatic imine (C=N–C) groups is 1. The SMILES string of the molecule is CCCC1=C(C(=O)O)N2C(=O)C(N=C(C)C)C2SC1. The Morgan fingerprint density at radius 1 is 1.53 bits per heavy atom. The van der Waals surface area contributed by atoms with Crippen LogP contribution in [0, 0.1) is 0 Å². The minimum atomic E-state index is -1.00. The molecule has 2 heterocycles. The normalized spacial score (nSPS) is 25.8. The monoisotopic (exact) mass is 282 g/mol. The molecule has 19 heavy (non-hydrogen) atoms. The summed E-state index contributed by atoms with van der Waals surface area (Å²) in [5.41, 5.74) is 1.90. The third kappa shape index (κ3) is 2.41. The molecule has 0 aromatic heterocycles. The Balaban J connectivity index is 2.30. The lowest BCUT2D eigenvalue weighted by Crippen LogP contribution is -2.64. The van der Waals surface area contributed by atoms with E-state index >= 15 is 0 Å². The second-order valence-electron chi connectivity index (χ2n) is 4.94. The van der Waals surface area contributed by atoms with Crippen molar-refractivity contribution in [3.05, 3.63) is 11.3 Å². The lowest BCUT2D eigenvalue weighted by Gasteiger charge is -2.48. The molecule has 0 spiro atoms. The van der Waals surface area contributed by atoms with Crippen LogP contribution < -0.4 is 0 Å². The predicted molar refractivity (Wildman–Crippen MR) is 75.2 cm³/mol. The van der Waals surface area contributed by atoms with E-state index in [1.54, 1.807) is 11.8 Å². The van der Waals surface area contributed by atoms with Crippen LogP contribution >= 0.6 is 11.8 Å². The van der Waals surface area contributed by atoms with Crippen molar-refractivity contribution in [1.29, 1.82) is 0 Å². The molecular formula is C13H18N2O3S. The topological polar surface area (TPSA) is 70.0 Å². The molecule has 1 fully saturated rings. The zero-order chi connectivity index (χ0) is 14.2. The van der Waals surface area contributed by atoms with Crippen molar-refractivity contribution in [3.8, 4) is 0 Å². The molecule has 0 aliphatic carbocycles. The summed E-state index contributed by atoms with van der Waals surface area (Å²) >= 11 is 1.61. The maximum atomic E-state index is 12.1. The summed E-state index contributed by atoms with van der Waals surface area (Å²) in [7, 11) is 0. The maximum Gasteiger partial charge on any atom is 0.352 e. The van der Waals surface area contributed by atoms with E-state index in [4.69, 9.17) is 0 Å². The zero-order valence-electron chi connectivity index (χ0n) is 11.3. The number of carboxylic acids is 1. The second kappa shape index (κ2) is 5.36. The van der Waals surface area contributed by atoms with Crippen molar-refractivity contribution >= 4 is 29.4 Å². The van der Waals surface area contributed by atoms with Crippen molar-refractivity contribution in [2.24, 2.45) is 4.99 Å². The minimum absolute atomic E-state index is 0.144. The highest BCUT2D eigenvalue weighted by atomic mass is 32.2. The number of β-lactam (4-membered cyclic amide) rings is 1. The van der Waals surface area contributed by atoms with Gasteiger partial charge in [0.15, 0.2) is 6.04 Å². The summed E-state index contributed by atoms with van der Waals surface area (Å²) in [6.07, 6.45) is 1.61. The molecule has 2 aliphatic rings. The number of nitrogens with zero attached hydrogens (tertiary/aromatic N) is 2. The fraction of sp³-hybridized carbons (Fsp3) is 0.615. The van der Waals surface area contributed by atoms with E-state index in [-0.39, 0.29) is 17.0 Å². The largest absolute Gasteiger partial charge is 0.477 e. The molecule has 0 bridgehead atoms. The van der Waals surface area contributed by atoms with Gasteiger partial charge >= 0.3 is 5.97 Å². The van der Waals surface area contributed by atoms with Crippen LogP contribution in [0.1, 0.15) is 33.6 Å². The molecule has 0 saturated carbocycles. The summed E-state index contributed by atoms with van der Waals surface area (Å²) < 4.78 is 0. The minimum Gasteiger partial charge on any atom is -0.477 e. The Bertz CT molecular complexity index is 480. The van der Waals surface area contributed by atoms with Gasteiger partial charge in [-0.1, -0.05) is 13.3 Å². The van der Waals surface area contributed by atoms with Gasteiger partial charge in [-0.05, 0) is 25.8 Å². The molecule has 1 N–H and O–H groups in total. The maximum absolute atomic E-state index is 12.1. The van der Waals surface area contributed by atoms with Crippen LogP contribution in [-0.4, -0.2) is 44.8 Å². The Morgan fingerprint density at radius 2 is 2.21 bits per heavy atom. The fourth-order valence-corrected chi connectivity index (χ4v) is 3.79. The van der Waals surface area contributed by atoms with Crippen LogP contribution in [0.25, 0.3) is 0 Å². The van der Waals surface area contributed by atoms with Gasteiger partial charge < -0.3 is 5.11 Å². The Kier molecular flexibility index (Phi) is 3.99. The van der Waals surface area contributed by atoms with Crippen molar-refractivity contribution < 1.29 is 14.7 Å². The van der Waals surface area contributed by atoms with Gasteiger partial charge in [-0.15, -0.1) is 11.8 Å².